The van der Waals surface area contributed by atoms with Crippen LogP contribution in [0, 0.1) is 29.4 Å². The van der Waals surface area contributed by atoms with E-state index in [2.05, 4.69) is 10.8 Å². The monoisotopic (exact) mass is 448 g/mol. The maximum Gasteiger partial charge on any atom is 0.225 e. The summed E-state index contributed by atoms with van der Waals surface area (Å²) in [6.45, 7) is 3.31. The van der Waals surface area contributed by atoms with Crippen molar-refractivity contribution in [2.75, 3.05) is 19.3 Å². The minimum atomic E-state index is -1.05. The molecule has 1 amide bonds. The number of carbonyl (C=O) groups is 1. The van der Waals surface area contributed by atoms with Crippen molar-refractivity contribution in [1.82, 2.24) is 9.62 Å². The molecular weight excluding hydrogens is 418 g/mol. The van der Waals surface area contributed by atoms with Crippen LogP contribution in [0.5, 0.6) is 0 Å². The largest absolute Gasteiger partial charge is 0.342 e. The highest BCUT2D eigenvalue weighted by Gasteiger charge is 2.50. The standard InChI is InChI=1S/C24H30F2N2O2S/c1-15-8-9-17(19(13-15)23-21(25)6-3-7-22(23)26)18-14-20(18)24(29)28-11-4-5-16(10-12-28)27-31(2)30/h3,6-8,13,16-18,20,27H,4-5,9-12,14H2,1-2H3. The summed E-state index contributed by atoms with van der Waals surface area (Å²) in [5, 5.41) is 0. The van der Waals surface area contributed by atoms with E-state index < -0.39 is 22.6 Å². The molecule has 31 heavy (non-hydrogen) atoms. The predicted molar refractivity (Wildman–Crippen MR) is 119 cm³/mol. The van der Waals surface area contributed by atoms with Crippen LogP contribution in [0.15, 0.2) is 35.9 Å². The Hall–Kier alpha value is -1.86. The lowest BCUT2D eigenvalue weighted by Crippen LogP contribution is -2.35. The van der Waals surface area contributed by atoms with E-state index in [0.29, 0.717) is 25.1 Å². The number of benzene rings is 1. The molecule has 1 heterocycles. The van der Waals surface area contributed by atoms with Gasteiger partial charge in [-0.15, -0.1) is 0 Å². The number of nitrogens with zero attached hydrogens (tertiary/aromatic N) is 1. The van der Waals surface area contributed by atoms with Crippen LogP contribution >= 0.6 is 0 Å². The van der Waals surface area contributed by atoms with E-state index in [-0.39, 0.29) is 35.3 Å². The van der Waals surface area contributed by atoms with Gasteiger partial charge < -0.3 is 4.90 Å². The predicted octanol–water partition coefficient (Wildman–Crippen LogP) is 4.21. The van der Waals surface area contributed by atoms with Gasteiger partial charge in [0.2, 0.25) is 5.91 Å². The Morgan fingerprint density at radius 1 is 1.19 bits per heavy atom. The van der Waals surface area contributed by atoms with Crippen molar-refractivity contribution >= 4 is 22.5 Å². The van der Waals surface area contributed by atoms with Crippen molar-refractivity contribution in [3.05, 3.63) is 53.1 Å². The van der Waals surface area contributed by atoms with E-state index in [0.717, 1.165) is 31.3 Å². The molecular formula is C24H30F2N2O2S. The first kappa shape index (κ1) is 22.3. The minimum Gasteiger partial charge on any atom is -0.342 e. The molecule has 1 aromatic rings. The van der Waals surface area contributed by atoms with Gasteiger partial charge in [0, 0.05) is 36.9 Å². The van der Waals surface area contributed by atoms with Crippen LogP contribution in [0.2, 0.25) is 0 Å². The van der Waals surface area contributed by atoms with Gasteiger partial charge in [0.05, 0.1) is 11.0 Å². The number of carbonyl (C=O) groups excluding carboxylic acids is 1. The summed E-state index contributed by atoms with van der Waals surface area (Å²) >= 11 is 0. The number of hydrogen-bond donors (Lipinski definition) is 1. The van der Waals surface area contributed by atoms with Gasteiger partial charge in [-0.3, -0.25) is 4.79 Å². The number of rotatable bonds is 5. The number of nitrogens with one attached hydrogen (secondary N) is 1. The number of likely N-dealkylation sites (tertiary alicyclic amines) is 1. The van der Waals surface area contributed by atoms with Gasteiger partial charge in [-0.25, -0.2) is 17.7 Å². The number of halogens is 2. The van der Waals surface area contributed by atoms with Crippen LogP contribution in [-0.2, 0) is 15.8 Å². The van der Waals surface area contributed by atoms with E-state index >= 15 is 0 Å². The first-order chi connectivity index (χ1) is 14.8. The summed E-state index contributed by atoms with van der Waals surface area (Å²) in [5.41, 5.74) is 1.73. The molecule has 2 aliphatic carbocycles. The Labute approximate surface area is 185 Å². The maximum absolute atomic E-state index is 14.5. The molecule has 168 valence electrons. The average molecular weight is 449 g/mol. The highest BCUT2D eigenvalue weighted by Crippen LogP contribution is 2.53. The van der Waals surface area contributed by atoms with Crippen LogP contribution in [0.4, 0.5) is 8.78 Å². The molecule has 0 bridgehead atoms. The van der Waals surface area contributed by atoms with Crippen LogP contribution in [0.1, 0.15) is 44.6 Å². The molecule has 1 aliphatic heterocycles. The van der Waals surface area contributed by atoms with Gasteiger partial charge in [-0.2, -0.15) is 0 Å². The molecule has 4 rings (SSSR count). The van der Waals surface area contributed by atoms with Crippen LogP contribution in [0.25, 0.3) is 5.57 Å². The summed E-state index contributed by atoms with van der Waals surface area (Å²) in [4.78, 5) is 15.1. The number of allylic oxidation sites excluding steroid dienone is 4. The average Bonchev–Trinajstić information content (AvgIpc) is 3.52. The molecule has 0 spiro atoms. The minimum absolute atomic E-state index is 0.0482. The Bertz CT molecular complexity index is 925. The van der Waals surface area contributed by atoms with E-state index in [9.17, 15) is 17.8 Å². The van der Waals surface area contributed by atoms with Crippen LogP contribution in [0.3, 0.4) is 0 Å². The number of hydrogen-bond acceptors (Lipinski definition) is 2. The highest BCUT2D eigenvalue weighted by atomic mass is 32.2. The lowest BCUT2D eigenvalue weighted by molar-refractivity contribution is -0.133. The van der Waals surface area contributed by atoms with Gasteiger partial charge in [0.25, 0.3) is 0 Å². The van der Waals surface area contributed by atoms with Crippen molar-refractivity contribution in [3.8, 4) is 0 Å². The zero-order chi connectivity index (χ0) is 22.1. The Morgan fingerprint density at radius 3 is 2.65 bits per heavy atom. The molecule has 1 aromatic carbocycles. The van der Waals surface area contributed by atoms with Gasteiger partial charge in [-0.05, 0) is 68.6 Å². The molecule has 0 radical (unpaired) electrons. The fourth-order valence-corrected chi connectivity index (χ4v) is 5.84. The topological polar surface area (TPSA) is 49.4 Å². The summed E-state index contributed by atoms with van der Waals surface area (Å²) < 4.78 is 43.6. The third kappa shape index (κ3) is 4.98. The zero-order valence-corrected chi connectivity index (χ0v) is 18.9. The SMILES string of the molecule is CC1=CCC(C2CC2C(=O)N2CCCC(NS(C)=O)CC2)C(c2c(F)cccc2F)=C1. The van der Waals surface area contributed by atoms with Gasteiger partial charge >= 0.3 is 0 Å². The molecule has 2 fully saturated rings. The third-order valence-electron chi connectivity index (χ3n) is 6.77. The highest BCUT2D eigenvalue weighted by molar-refractivity contribution is 7.82. The quantitative estimate of drug-likeness (QED) is 0.734. The molecule has 4 nitrogen and oxygen atoms in total. The van der Waals surface area contributed by atoms with Crippen molar-refractivity contribution in [2.24, 2.45) is 17.8 Å². The third-order valence-corrected chi connectivity index (χ3v) is 7.44. The summed E-state index contributed by atoms with van der Waals surface area (Å²) in [6, 6.07) is 4.15. The van der Waals surface area contributed by atoms with E-state index in [4.69, 9.17) is 0 Å². The Kier molecular flexibility index (Phi) is 6.72. The normalized spacial score (nSPS) is 29.6. The molecule has 1 N–H and O–H groups in total. The first-order valence-corrected chi connectivity index (χ1v) is 12.6. The summed E-state index contributed by atoms with van der Waals surface area (Å²) in [6.07, 6.45) is 9.65. The van der Waals surface area contributed by atoms with Crippen molar-refractivity contribution in [3.63, 3.8) is 0 Å². The molecule has 7 heteroatoms. The second-order valence-corrected chi connectivity index (χ2v) is 10.2. The molecule has 5 unspecified atom stereocenters. The fourth-order valence-electron chi connectivity index (χ4n) is 5.13. The first-order valence-electron chi connectivity index (χ1n) is 11.1. The molecule has 1 saturated heterocycles. The van der Waals surface area contributed by atoms with Gasteiger partial charge in [-0.1, -0.05) is 23.8 Å². The fraction of sp³-hybridized carbons (Fsp3) is 0.542. The maximum atomic E-state index is 14.5. The zero-order valence-electron chi connectivity index (χ0n) is 18.1. The van der Waals surface area contributed by atoms with Crippen molar-refractivity contribution < 1.29 is 17.8 Å². The van der Waals surface area contributed by atoms with Crippen molar-refractivity contribution in [2.45, 2.75) is 45.1 Å². The molecule has 5 atom stereocenters. The van der Waals surface area contributed by atoms with Crippen LogP contribution in [-0.4, -0.2) is 40.4 Å². The van der Waals surface area contributed by atoms with E-state index in [1.54, 1.807) is 6.26 Å². The van der Waals surface area contributed by atoms with Crippen molar-refractivity contribution in [1.29, 1.82) is 0 Å². The Morgan fingerprint density at radius 2 is 1.94 bits per heavy atom. The summed E-state index contributed by atoms with van der Waals surface area (Å²) in [5.74, 6) is -0.958. The van der Waals surface area contributed by atoms with Gasteiger partial charge in [0.15, 0.2) is 0 Å². The second kappa shape index (κ2) is 9.33. The lowest BCUT2D eigenvalue weighted by Gasteiger charge is -2.26. The molecule has 0 aromatic heterocycles. The second-order valence-electron chi connectivity index (χ2n) is 9.02. The molecule has 1 saturated carbocycles. The smallest absolute Gasteiger partial charge is 0.225 e. The summed E-state index contributed by atoms with van der Waals surface area (Å²) in [7, 11) is -1.05. The van der Waals surface area contributed by atoms with Gasteiger partial charge in [0.1, 0.15) is 11.6 Å². The Balaban J connectivity index is 1.46. The van der Waals surface area contributed by atoms with E-state index in [1.165, 1.54) is 18.2 Å². The number of amides is 1. The lowest BCUT2D eigenvalue weighted by atomic mass is 9.80. The van der Waals surface area contributed by atoms with Crippen LogP contribution < -0.4 is 4.72 Å². The molecule has 3 aliphatic rings. The van der Waals surface area contributed by atoms with E-state index in [1.807, 2.05) is 17.9 Å².